The third-order valence-corrected chi connectivity index (χ3v) is 15.3. The number of rotatable bonds is 34. The number of aliphatic carboxylic acids is 1. The predicted octanol–water partition coefficient (Wildman–Crippen LogP) is 7.22. The number of carboxylic acid groups (broad SMARTS) is 1. The van der Waals surface area contributed by atoms with Crippen molar-refractivity contribution in [2.75, 3.05) is 34.4 Å². The molecule has 420 valence electrons. The number of ether oxygens (including phenoxy) is 2. The summed E-state index contributed by atoms with van der Waals surface area (Å²) in [5, 5.41) is 21.3. The van der Waals surface area contributed by atoms with Crippen LogP contribution in [-0.2, 0) is 56.0 Å². The largest absolute Gasteiger partial charge is 0.480 e. The third-order valence-electron chi connectivity index (χ3n) is 15.3. The van der Waals surface area contributed by atoms with Gasteiger partial charge in [-0.2, -0.15) is 0 Å². The van der Waals surface area contributed by atoms with E-state index in [9.17, 15) is 38.7 Å². The number of benzene rings is 2. The lowest BCUT2D eigenvalue weighted by Crippen LogP contribution is -2.55. The molecule has 0 aliphatic carbocycles. The molecular weight excluding hydrogens is 953 g/mol. The van der Waals surface area contributed by atoms with Crippen LogP contribution in [0.2, 0.25) is 0 Å². The molecule has 0 spiro atoms. The average molecular weight is 1050 g/mol. The van der Waals surface area contributed by atoms with Gasteiger partial charge in [-0.25, -0.2) is 4.79 Å². The summed E-state index contributed by atoms with van der Waals surface area (Å²) < 4.78 is 12.2. The van der Waals surface area contributed by atoms with Crippen LogP contribution in [0, 0.1) is 41.4 Å². The monoisotopic (exact) mass is 1050 g/mol. The molecule has 1 saturated heterocycles. The second-order valence-corrected chi connectivity index (χ2v) is 22.2. The maximum absolute atomic E-state index is 14.5. The second-order valence-electron chi connectivity index (χ2n) is 22.2. The fourth-order valence-corrected chi connectivity index (χ4v) is 10.7. The van der Waals surface area contributed by atoms with E-state index in [-0.39, 0.29) is 83.8 Å². The number of hydrogen-bond acceptors (Lipinski definition) is 10. The summed E-state index contributed by atoms with van der Waals surface area (Å²) >= 11 is 0. The summed E-state index contributed by atoms with van der Waals surface area (Å²) in [6.07, 6.45) is 3.55. The molecule has 0 bridgehead atoms. The molecule has 1 aliphatic heterocycles. The number of hydrogen-bond donors (Lipinski definition) is 5. The fourth-order valence-electron chi connectivity index (χ4n) is 10.7. The zero-order valence-corrected chi connectivity index (χ0v) is 47.6. The van der Waals surface area contributed by atoms with Gasteiger partial charge < -0.3 is 40.7 Å². The maximum Gasteiger partial charge on any atom is 0.326 e. The number of ketones is 1. The highest BCUT2D eigenvalue weighted by Gasteiger charge is 2.42. The highest BCUT2D eigenvalue weighted by atomic mass is 16.5. The van der Waals surface area contributed by atoms with E-state index in [4.69, 9.17) is 9.47 Å². The van der Waals surface area contributed by atoms with Gasteiger partial charge in [-0.15, -0.1) is 0 Å². The normalized spacial score (nSPS) is 17.8. The smallest absolute Gasteiger partial charge is 0.326 e. The number of Topliss-reactive ketones (excluding diaryl/α,β-unsaturated/α-hetero) is 1. The second kappa shape index (κ2) is 32.4. The third kappa shape index (κ3) is 20.4. The van der Waals surface area contributed by atoms with E-state index in [0.717, 1.165) is 24.0 Å². The van der Waals surface area contributed by atoms with E-state index in [0.29, 0.717) is 58.2 Å². The topological polar surface area (TPSA) is 213 Å². The molecule has 5 amide bonds. The summed E-state index contributed by atoms with van der Waals surface area (Å²) in [7, 11) is 5.00. The van der Waals surface area contributed by atoms with Gasteiger partial charge in [0.05, 0.1) is 42.7 Å². The van der Waals surface area contributed by atoms with Crippen molar-refractivity contribution in [3.8, 4) is 0 Å². The summed E-state index contributed by atoms with van der Waals surface area (Å²) in [5.41, 5.74) is 1.84. The average Bonchev–Trinajstić information content (AvgIpc) is 3.86. The van der Waals surface area contributed by atoms with Crippen molar-refractivity contribution in [2.45, 2.75) is 182 Å². The van der Waals surface area contributed by atoms with Crippen LogP contribution >= 0.6 is 0 Å². The molecule has 0 aromatic heterocycles. The molecule has 1 aliphatic rings. The van der Waals surface area contributed by atoms with Gasteiger partial charge in [-0.3, -0.25) is 33.7 Å². The number of carbonyl (C=O) groups is 7. The van der Waals surface area contributed by atoms with Crippen molar-refractivity contribution in [3.05, 3.63) is 71.8 Å². The molecule has 2 aromatic rings. The number of carbonyl (C=O) groups excluding carboxylic acids is 6. The first-order valence-electron chi connectivity index (χ1n) is 27.6. The minimum absolute atomic E-state index is 0.0591. The Bertz CT molecular complexity index is 2090. The van der Waals surface area contributed by atoms with Gasteiger partial charge in [0.2, 0.25) is 29.5 Å². The summed E-state index contributed by atoms with van der Waals surface area (Å²) in [6.45, 7) is 20.7. The van der Waals surface area contributed by atoms with Gasteiger partial charge in [0.15, 0.2) is 5.78 Å². The lowest BCUT2D eigenvalue weighted by atomic mass is 9.79. The molecular formula is C59H94N6O10. The Morgan fingerprint density at radius 1 is 0.760 bits per heavy atom. The van der Waals surface area contributed by atoms with Crippen molar-refractivity contribution in [2.24, 2.45) is 41.4 Å². The van der Waals surface area contributed by atoms with Crippen LogP contribution in [0.5, 0.6) is 0 Å². The standard InChI is InChI=1S/C59H94N6O10/c1-14-40(8)45(30-29-41(9)54(68)52(38(4)5)63-58(71)53(39(6)7)64(11)31-22-28-50(66)61-47(59(72)73)33-37(2)3)49(74-12)35-51(67)65-32-21-27-48(65)55(75-13)42(10)56(69)62-46(34-43-23-17-15-18-24-43)57(70)60-36-44-25-19-16-20-26-44/h15-20,23-26,37-42,45-49,52-53,55H,14,21-22,27-36H2,1-13H3,(H,60,70)(H,61,66)(H,62,69)(H,63,71)(H,72,73). The van der Waals surface area contributed by atoms with Gasteiger partial charge in [0.1, 0.15) is 12.1 Å². The molecule has 0 saturated carbocycles. The van der Waals surface area contributed by atoms with Crippen molar-refractivity contribution in [3.63, 3.8) is 0 Å². The zero-order chi connectivity index (χ0) is 55.9. The summed E-state index contributed by atoms with van der Waals surface area (Å²) in [5.74, 6) is -3.68. The lowest BCUT2D eigenvalue weighted by molar-refractivity contribution is -0.143. The number of amides is 5. The number of nitrogens with one attached hydrogen (secondary N) is 4. The molecule has 11 atom stereocenters. The Morgan fingerprint density at radius 3 is 1.93 bits per heavy atom. The molecule has 0 radical (unpaired) electrons. The van der Waals surface area contributed by atoms with Crippen LogP contribution < -0.4 is 21.3 Å². The van der Waals surface area contributed by atoms with Crippen LogP contribution in [-0.4, -0.2) is 133 Å². The quantitative estimate of drug-likeness (QED) is 0.0472. The number of likely N-dealkylation sites (N-methyl/N-ethyl adjacent to an activating group) is 1. The molecule has 2 aromatic carbocycles. The highest BCUT2D eigenvalue weighted by molar-refractivity contribution is 5.92. The van der Waals surface area contributed by atoms with E-state index in [2.05, 4.69) is 35.1 Å². The predicted molar refractivity (Wildman–Crippen MR) is 293 cm³/mol. The van der Waals surface area contributed by atoms with E-state index >= 15 is 0 Å². The molecule has 1 heterocycles. The van der Waals surface area contributed by atoms with E-state index < -0.39 is 54.2 Å². The van der Waals surface area contributed by atoms with Crippen LogP contribution in [0.3, 0.4) is 0 Å². The first-order valence-corrected chi connectivity index (χ1v) is 27.6. The van der Waals surface area contributed by atoms with E-state index in [1.807, 2.05) is 126 Å². The zero-order valence-electron chi connectivity index (χ0n) is 47.6. The van der Waals surface area contributed by atoms with Crippen molar-refractivity contribution in [1.29, 1.82) is 0 Å². The first kappa shape index (κ1) is 64.1. The molecule has 1 fully saturated rings. The van der Waals surface area contributed by atoms with Crippen molar-refractivity contribution in [1.82, 2.24) is 31.1 Å². The van der Waals surface area contributed by atoms with E-state index in [1.165, 1.54) is 0 Å². The van der Waals surface area contributed by atoms with Crippen LogP contribution in [0.4, 0.5) is 0 Å². The Morgan fingerprint density at radius 2 is 1.39 bits per heavy atom. The lowest BCUT2D eigenvalue weighted by Gasteiger charge is -2.36. The molecule has 75 heavy (non-hydrogen) atoms. The molecule has 16 heteroatoms. The Kier molecular flexibility index (Phi) is 27.7. The highest BCUT2D eigenvalue weighted by Crippen LogP contribution is 2.33. The van der Waals surface area contributed by atoms with Crippen LogP contribution in [0.15, 0.2) is 60.7 Å². The van der Waals surface area contributed by atoms with Gasteiger partial charge in [0.25, 0.3) is 0 Å². The van der Waals surface area contributed by atoms with Crippen molar-refractivity contribution < 1.29 is 48.1 Å². The first-order chi connectivity index (χ1) is 35.5. The van der Waals surface area contributed by atoms with Gasteiger partial charge in [-0.1, -0.05) is 136 Å². The van der Waals surface area contributed by atoms with Gasteiger partial charge in [0, 0.05) is 46.1 Å². The Balaban J connectivity index is 1.67. The minimum Gasteiger partial charge on any atom is -0.480 e. The summed E-state index contributed by atoms with van der Waals surface area (Å²) in [4.78, 5) is 98.6. The van der Waals surface area contributed by atoms with Crippen LogP contribution in [0.25, 0.3) is 0 Å². The molecule has 5 N–H and O–H groups in total. The number of likely N-dealkylation sites (tertiary alicyclic amines) is 1. The fraction of sp³-hybridized carbons (Fsp3) is 0.678. The summed E-state index contributed by atoms with van der Waals surface area (Å²) in [6, 6.07) is 15.7. The molecule has 16 nitrogen and oxygen atoms in total. The number of nitrogens with zero attached hydrogens (tertiary/aromatic N) is 2. The Hall–Kier alpha value is -5.19. The molecule has 11 unspecified atom stereocenters. The maximum atomic E-state index is 14.5. The van der Waals surface area contributed by atoms with Crippen LogP contribution in [0.1, 0.15) is 138 Å². The number of methoxy groups -OCH3 is 2. The van der Waals surface area contributed by atoms with Gasteiger partial charge >= 0.3 is 5.97 Å². The Labute approximate surface area is 449 Å². The molecule has 3 rings (SSSR count). The van der Waals surface area contributed by atoms with Crippen molar-refractivity contribution >= 4 is 41.3 Å². The number of carboxylic acids is 1. The minimum atomic E-state index is -1.06. The van der Waals surface area contributed by atoms with Gasteiger partial charge in [-0.05, 0) is 92.8 Å². The van der Waals surface area contributed by atoms with E-state index in [1.54, 1.807) is 21.1 Å². The SMILES string of the molecule is CCC(C)C(CCC(C)C(=O)C(NC(=O)C(C(C)C)N(C)CCCC(=O)NC(CC(C)C)C(=O)O)C(C)C)C(CC(=O)N1CCCC1C(OC)C(C)C(=O)NC(Cc1ccccc1)C(=O)NCc1ccccc1)OC.